The molecule has 2 aromatic rings. The van der Waals surface area contributed by atoms with Crippen molar-refractivity contribution in [3.8, 4) is 17.2 Å². The number of methoxy groups -OCH3 is 2. The Morgan fingerprint density at radius 1 is 1.03 bits per heavy atom. The average molecular weight is 412 g/mol. The van der Waals surface area contributed by atoms with Crippen LogP contribution in [0.5, 0.6) is 17.2 Å². The molecule has 0 aliphatic carbocycles. The van der Waals surface area contributed by atoms with Crippen molar-refractivity contribution in [2.45, 2.75) is 26.3 Å². The van der Waals surface area contributed by atoms with E-state index in [0.29, 0.717) is 17.2 Å². The molecular formula is C23H29N3O4. The maximum absolute atomic E-state index is 12.1. The van der Waals surface area contributed by atoms with E-state index in [1.54, 1.807) is 26.4 Å². The Kier molecular flexibility index (Phi) is 7.68. The third-order valence-corrected chi connectivity index (χ3v) is 5.07. The number of rotatable bonds is 9. The van der Waals surface area contributed by atoms with Crippen molar-refractivity contribution in [3.63, 3.8) is 0 Å². The first-order valence-electron chi connectivity index (χ1n) is 10.1. The summed E-state index contributed by atoms with van der Waals surface area (Å²) in [6.07, 6.45) is 2.48. The van der Waals surface area contributed by atoms with Crippen molar-refractivity contribution in [1.82, 2.24) is 10.3 Å². The Morgan fingerprint density at radius 2 is 1.73 bits per heavy atom. The van der Waals surface area contributed by atoms with E-state index in [-0.39, 0.29) is 12.5 Å². The molecule has 1 aliphatic rings. The number of hydrogen-bond acceptors (Lipinski definition) is 6. The van der Waals surface area contributed by atoms with E-state index in [1.165, 1.54) is 12.8 Å². The van der Waals surface area contributed by atoms with Gasteiger partial charge in [0.15, 0.2) is 18.1 Å². The molecule has 0 aromatic heterocycles. The summed E-state index contributed by atoms with van der Waals surface area (Å²) in [5, 5.41) is 4.23. The van der Waals surface area contributed by atoms with Gasteiger partial charge in [-0.25, -0.2) is 5.43 Å². The molecule has 1 saturated heterocycles. The second kappa shape index (κ2) is 10.6. The molecule has 7 nitrogen and oxygen atoms in total. The molecule has 1 aliphatic heterocycles. The first-order valence-corrected chi connectivity index (χ1v) is 10.1. The topological polar surface area (TPSA) is 72.4 Å². The number of ether oxygens (including phenoxy) is 3. The van der Waals surface area contributed by atoms with Crippen LogP contribution in [0.25, 0.3) is 0 Å². The van der Waals surface area contributed by atoms with E-state index in [9.17, 15) is 4.79 Å². The van der Waals surface area contributed by atoms with E-state index < -0.39 is 0 Å². The first kappa shape index (κ1) is 21.6. The van der Waals surface area contributed by atoms with Gasteiger partial charge in [-0.3, -0.25) is 9.69 Å². The van der Waals surface area contributed by atoms with Gasteiger partial charge in [-0.2, -0.15) is 5.10 Å². The number of nitrogens with zero attached hydrogens (tertiary/aromatic N) is 2. The summed E-state index contributed by atoms with van der Waals surface area (Å²) >= 11 is 0. The molecule has 3 rings (SSSR count). The van der Waals surface area contributed by atoms with Crippen molar-refractivity contribution < 1.29 is 19.0 Å². The second-order valence-electron chi connectivity index (χ2n) is 7.18. The van der Waals surface area contributed by atoms with Crippen LogP contribution in [0.15, 0.2) is 47.6 Å². The Bertz CT molecular complexity index is 892. The van der Waals surface area contributed by atoms with Crippen molar-refractivity contribution in [1.29, 1.82) is 0 Å². The highest BCUT2D eigenvalue weighted by Crippen LogP contribution is 2.26. The Morgan fingerprint density at radius 3 is 2.43 bits per heavy atom. The van der Waals surface area contributed by atoms with E-state index in [4.69, 9.17) is 14.2 Å². The van der Waals surface area contributed by atoms with Crippen molar-refractivity contribution in [3.05, 3.63) is 53.6 Å². The Hall–Kier alpha value is -3.06. The lowest BCUT2D eigenvalue weighted by Gasteiger charge is -2.17. The maximum Gasteiger partial charge on any atom is 0.277 e. The van der Waals surface area contributed by atoms with Gasteiger partial charge in [0.1, 0.15) is 5.75 Å². The van der Waals surface area contributed by atoms with Gasteiger partial charge in [0, 0.05) is 12.1 Å². The molecule has 2 aromatic carbocycles. The molecule has 160 valence electrons. The summed E-state index contributed by atoms with van der Waals surface area (Å²) in [5.41, 5.74) is 5.33. The molecule has 0 saturated carbocycles. The summed E-state index contributed by atoms with van der Waals surface area (Å²) in [6, 6.07) is 13.2. The quantitative estimate of drug-likeness (QED) is 0.507. The minimum Gasteiger partial charge on any atom is -0.496 e. The summed E-state index contributed by atoms with van der Waals surface area (Å²) < 4.78 is 16.3. The van der Waals surface area contributed by atoms with Gasteiger partial charge in [0.25, 0.3) is 5.91 Å². The fraction of sp³-hybridized carbons (Fsp3) is 0.391. The number of benzene rings is 2. The fourth-order valence-corrected chi connectivity index (χ4v) is 3.43. The molecule has 1 fully saturated rings. The smallest absolute Gasteiger partial charge is 0.277 e. The second-order valence-corrected chi connectivity index (χ2v) is 7.18. The SMILES string of the molecule is COc1ccc(/C(C)=N\NC(=O)COc2ccccc2OC)cc1CN1CCCC1. The minimum atomic E-state index is -0.342. The largest absolute Gasteiger partial charge is 0.496 e. The number of nitrogens with one attached hydrogen (secondary N) is 1. The van der Waals surface area contributed by atoms with Gasteiger partial charge >= 0.3 is 0 Å². The summed E-state index contributed by atoms with van der Waals surface area (Å²) in [5.74, 6) is 1.62. The lowest BCUT2D eigenvalue weighted by molar-refractivity contribution is -0.123. The highest BCUT2D eigenvalue weighted by atomic mass is 16.5. The summed E-state index contributed by atoms with van der Waals surface area (Å²) in [6.45, 7) is 4.79. The van der Waals surface area contributed by atoms with Gasteiger partial charge in [-0.15, -0.1) is 0 Å². The van der Waals surface area contributed by atoms with Gasteiger partial charge in [0.05, 0.1) is 19.9 Å². The lowest BCUT2D eigenvalue weighted by atomic mass is 10.1. The molecule has 0 atom stereocenters. The monoisotopic (exact) mass is 411 g/mol. The number of amides is 1. The number of carbonyl (C=O) groups is 1. The Balaban J connectivity index is 1.60. The number of hydrogen-bond donors (Lipinski definition) is 1. The van der Waals surface area contributed by atoms with E-state index in [1.807, 2.05) is 31.2 Å². The zero-order valence-corrected chi connectivity index (χ0v) is 17.8. The number of hydrazone groups is 1. The van der Waals surface area contributed by atoms with Crippen LogP contribution in [0, 0.1) is 0 Å². The van der Waals surface area contributed by atoms with E-state index in [2.05, 4.69) is 21.5 Å². The highest BCUT2D eigenvalue weighted by Gasteiger charge is 2.15. The molecule has 0 radical (unpaired) electrons. The molecule has 0 unspecified atom stereocenters. The molecule has 0 spiro atoms. The van der Waals surface area contributed by atoms with Crippen LogP contribution in [0.1, 0.15) is 30.9 Å². The summed E-state index contributed by atoms with van der Waals surface area (Å²) in [4.78, 5) is 14.6. The standard InChI is InChI=1S/C23H29N3O4/c1-17(24-25-23(27)16-30-22-9-5-4-8-21(22)29-3)18-10-11-20(28-2)19(14-18)15-26-12-6-7-13-26/h4-5,8-11,14H,6-7,12-13,15-16H2,1-3H3,(H,25,27)/b24-17-. The van der Waals surface area contributed by atoms with Gasteiger partial charge < -0.3 is 14.2 Å². The van der Waals surface area contributed by atoms with Crippen molar-refractivity contribution >= 4 is 11.6 Å². The normalized spacial score (nSPS) is 14.4. The van der Waals surface area contributed by atoms with Gasteiger partial charge in [0.2, 0.25) is 0 Å². The Labute approximate surface area is 177 Å². The molecule has 7 heteroatoms. The van der Waals surface area contributed by atoms with Crippen molar-refractivity contribution in [2.75, 3.05) is 33.9 Å². The van der Waals surface area contributed by atoms with Crippen LogP contribution in [-0.4, -0.2) is 50.4 Å². The van der Waals surface area contributed by atoms with Gasteiger partial charge in [-0.1, -0.05) is 12.1 Å². The molecule has 1 amide bonds. The number of para-hydroxylation sites is 2. The van der Waals surface area contributed by atoms with E-state index in [0.717, 1.165) is 36.5 Å². The minimum absolute atomic E-state index is 0.153. The van der Waals surface area contributed by atoms with Crippen LogP contribution in [0.3, 0.4) is 0 Å². The third-order valence-electron chi connectivity index (χ3n) is 5.07. The van der Waals surface area contributed by atoms with Crippen LogP contribution in [0.2, 0.25) is 0 Å². The van der Waals surface area contributed by atoms with Gasteiger partial charge in [-0.05, 0) is 68.8 Å². The lowest BCUT2D eigenvalue weighted by Crippen LogP contribution is -2.25. The van der Waals surface area contributed by atoms with Crippen molar-refractivity contribution in [2.24, 2.45) is 5.10 Å². The van der Waals surface area contributed by atoms with E-state index >= 15 is 0 Å². The fourth-order valence-electron chi connectivity index (χ4n) is 3.43. The zero-order valence-electron chi connectivity index (χ0n) is 17.8. The number of carbonyl (C=O) groups excluding carboxylic acids is 1. The number of likely N-dealkylation sites (tertiary alicyclic amines) is 1. The molecule has 1 heterocycles. The summed E-state index contributed by atoms with van der Waals surface area (Å²) in [7, 11) is 3.24. The predicted octanol–water partition coefficient (Wildman–Crippen LogP) is 3.22. The van der Waals surface area contributed by atoms with Crippen LogP contribution in [-0.2, 0) is 11.3 Å². The maximum atomic E-state index is 12.1. The first-order chi connectivity index (χ1) is 14.6. The molecule has 30 heavy (non-hydrogen) atoms. The zero-order chi connectivity index (χ0) is 21.3. The molecule has 0 bridgehead atoms. The van der Waals surface area contributed by atoms with Crippen LogP contribution >= 0.6 is 0 Å². The highest BCUT2D eigenvalue weighted by molar-refractivity contribution is 5.99. The third kappa shape index (κ3) is 5.73. The predicted molar refractivity (Wildman–Crippen MR) is 116 cm³/mol. The molecule has 1 N–H and O–H groups in total. The van der Waals surface area contributed by atoms with Crippen LogP contribution in [0.4, 0.5) is 0 Å². The molecular weight excluding hydrogens is 382 g/mol. The van der Waals surface area contributed by atoms with Crippen LogP contribution < -0.4 is 19.6 Å². The average Bonchev–Trinajstić information content (AvgIpc) is 3.29.